The first-order valence-corrected chi connectivity index (χ1v) is 5.36. The van der Waals surface area contributed by atoms with E-state index in [4.69, 9.17) is 0 Å². The van der Waals surface area contributed by atoms with Gasteiger partial charge in [0.1, 0.15) is 0 Å². The van der Waals surface area contributed by atoms with Crippen molar-refractivity contribution in [3.63, 3.8) is 0 Å². The number of hydrogen-bond donors (Lipinski definition) is 2. The Morgan fingerprint density at radius 2 is 2.17 bits per heavy atom. The van der Waals surface area contributed by atoms with E-state index in [1.54, 1.807) is 30.3 Å². The van der Waals surface area contributed by atoms with Crippen molar-refractivity contribution < 1.29 is 4.79 Å². The standard InChI is InChI=1S/C12H12N4O2/c1-2-8-13-11(17)10-14-12(18)16(15-10)9-6-4-3-5-7-9/h2-7H,1,8H2,(H,13,17)(H,14,15,18). The van der Waals surface area contributed by atoms with Crippen molar-refractivity contribution in [2.75, 3.05) is 6.54 Å². The summed E-state index contributed by atoms with van der Waals surface area (Å²) >= 11 is 0. The molecule has 1 heterocycles. The summed E-state index contributed by atoms with van der Waals surface area (Å²) in [7, 11) is 0. The summed E-state index contributed by atoms with van der Waals surface area (Å²) in [6.45, 7) is 3.80. The molecule has 0 spiro atoms. The molecule has 2 N–H and O–H groups in total. The van der Waals surface area contributed by atoms with Gasteiger partial charge in [0.25, 0.3) is 5.91 Å². The molecule has 0 aliphatic rings. The number of amides is 1. The molecule has 0 radical (unpaired) electrons. The van der Waals surface area contributed by atoms with Crippen molar-refractivity contribution in [2.24, 2.45) is 0 Å². The number of aromatic amines is 1. The minimum absolute atomic E-state index is 0.0225. The Morgan fingerprint density at radius 3 is 2.83 bits per heavy atom. The molecule has 0 aliphatic heterocycles. The van der Waals surface area contributed by atoms with Gasteiger partial charge in [-0.25, -0.2) is 4.79 Å². The molecule has 6 heteroatoms. The Kier molecular flexibility index (Phi) is 3.38. The summed E-state index contributed by atoms with van der Waals surface area (Å²) in [6.07, 6.45) is 1.55. The number of H-pyrrole nitrogens is 1. The van der Waals surface area contributed by atoms with E-state index in [0.717, 1.165) is 4.68 Å². The quantitative estimate of drug-likeness (QED) is 0.767. The first kappa shape index (κ1) is 11.8. The van der Waals surface area contributed by atoms with Gasteiger partial charge in [-0.3, -0.25) is 9.78 Å². The van der Waals surface area contributed by atoms with Crippen LogP contribution in [0.2, 0.25) is 0 Å². The second-order valence-electron chi connectivity index (χ2n) is 3.52. The van der Waals surface area contributed by atoms with Crippen LogP contribution in [0.3, 0.4) is 0 Å². The highest BCUT2D eigenvalue weighted by molar-refractivity contribution is 5.90. The second kappa shape index (κ2) is 5.13. The normalized spacial score (nSPS) is 10.0. The molecular weight excluding hydrogens is 232 g/mol. The number of rotatable bonds is 4. The van der Waals surface area contributed by atoms with E-state index in [2.05, 4.69) is 22.0 Å². The Hall–Kier alpha value is -2.63. The number of carbonyl (C=O) groups is 1. The summed E-state index contributed by atoms with van der Waals surface area (Å²) in [4.78, 5) is 25.7. The zero-order valence-corrected chi connectivity index (χ0v) is 9.59. The molecule has 0 unspecified atom stereocenters. The maximum atomic E-state index is 11.7. The lowest BCUT2D eigenvalue weighted by Crippen LogP contribution is -2.24. The summed E-state index contributed by atoms with van der Waals surface area (Å²) in [5.74, 6) is -0.465. The molecule has 0 aliphatic carbocycles. The van der Waals surface area contributed by atoms with E-state index in [1.165, 1.54) is 0 Å². The molecule has 0 bridgehead atoms. The van der Waals surface area contributed by atoms with E-state index in [0.29, 0.717) is 12.2 Å². The van der Waals surface area contributed by atoms with Crippen LogP contribution in [-0.4, -0.2) is 27.2 Å². The molecular formula is C12H12N4O2. The number of nitrogens with zero attached hydrogens (tertiary/aromatic N) is 2. The monoisotopic (exact) mass is 244 g/mol. The fraction of sp³-hybridized carbons (Fsp3) is 0.0833. The fourth-order valence-electron chi connectivity index (χ4n) is 1.42. The Labute approximate surface area is 103 Å². The third-order valence-corrected chi connectivity index (χ3v) is 2.24. The van der Waals surface area contributed by atoms with Gasteiger partial charge in [0.05, 0.1) is 5.69 Å². The lowest BCUT2D eigenvalue weighted by molar-refractivity contribution is 0.0947. The number of hydrogen-bond acceptors (Lipinski definition) is 3. The highest BCUT2D eigenvalue weighted by Gasteiger charge is 2.12. The van der Waals surface area contributed by atoms with Gasteiger partial charge >= 0.3 is 5.69 Å². The minimum atomic E-state index is -0.454. The van der Waals surface area contributed by atoms with Crippen LogP contribution in [0.5, 0.6) is 0 Å². The van der Waals surface area contributed by atoms with E-state index in [9.17, 15) is 9.59 Å². The van der Waals surface area contributed by atoms with Crippen molar-refractivity contribution in [2.45, 2.75) is 0 Å². The smallest absolute Gasteiger partial charge is 0.346 e. The van der Waals surface area contributed by atoms with Gasteiger partial charge in [-0.05, 0) is 12.1 Å². The van der Waals surface area contributed by atoms with Gasteiger partial charge in [0, 0.05) is 6.54 Å². The molecule has 92 valence electrons. The second-order valence-corrected chi connectivity index (χ2v) is 3.52. The predicted molar refractivity (Wildman–Crippen MR) is 66.7 cm³/mol. The van der Waals surface area contributed by atoms with Crippen LogP contribution in [0.15, 0.2) is 47.8 Å². The van der Waals surface area contributed by atoms with Crippen LogP contribution in [0.4, 0.5) is 0 Å². The molecule has 1 aromatic carbocycles. The maximum absolute atomic E-state index is 11.7. The van der Waals surface area contributed by atoms with Gasteiger partial charge < -0.3 is 5.32 Å². The van der Waals surface area contributed by atoms with Gasteiger partial charge in [-0.1, -0.05) is 24.3 Å². The van der Waals surface area contributed by atoms with Gasteiger partial charge in [0.2, 0.25) is 5.82 Å². The van der Waals surface area contributed by atoms with Gasteiger partial charge in [-0.15, -0.1) is 11.7 Å². The molecule has 0 fully saturated rings. The molecule has 0 saturated heterocycles. The number of aromatic nitrogens is 3. The average molecular weight is 244 g/mol. The van der Waals surface area contributed by atoms with E-state index in [-0.39, 0.29) is 5.82 Å². The number of carbonyl (C=O) groups excluding carboxylic acids is 1. The van der Waals surface area contributed by atoms with Gasteiger partial charge in [-0.2, -0.15) is 4.68 Å². The van der Waals surface area contributed by atoms with E-state index >= 15 is 0 Å². The van der Waals surface area contributed by atoms with Crippen molar-refractivity contribution in [1.29, 1.82) is 0 Å². The first-order valence-electron chi connectivity index (χ1n) is 5.36. The molecule has 2 rings (SSSR count). The van der Waals surface area contributed by atoms with Crippen molar-refractivity contribution >= 4 is 5.91 Å². The summed E-state index contributed by atoms with van der Waals surface area (Å²) in [5, 5.41) is 6.47. The van der Waals surface area contributed by atoms with Crippen LogP contribution in [-0.2, 0) is 0 Å². The Balaban J connectivity index is 2.30. The predicted octanol–water partition coefficient (Wildman–Crippen LogP) is 0.476. The maximum Gasteiger partial charge on any atom is 0.348 e. The zero-order valence-electron chi connectivity index (χ0n) is 9.59. The van der Waals surface area contributed by atoms with Crippen LogP contribution in [0.1, 0.15) is 10.6 Å². The summed E-state index contributed by atoms with van der Waals surface area (Å²) in [5.41, 5.74) is 0.145. The topological polar surface area (TPSA) is 79.8 Å². The SMILES string of the molecule is C=CCNC(=O)c1nn(-c2ccccc2)c(=O)[nH]1. The third kappa shape index (κ3) is 2.37. The highest BCUT2D eigenvalue weighted by Crippen LogP contribution is 2.01. The minimum Gasteiger partial charge on any atom is -0.346 e. The highest BCUT2D eigenvalue weighted by atomic mass is 16.2. The van der Waals surface area contributed by atoms with Crippen LogP contribution in [0.25, 0.3) is 5.69 Å². The van der Waals surface area contributed by atoms with Crippen LogP contribution >= 0.6 is 0 Å². The molecule has 0 saturated carbocycles. The average Bonchev–Trinajstić information content (AvgIpc) is 2.79. The lowest BCUT2D eigenvalue weighted by atomic mass is 10.3. The van der Waals surface area contributed by atoms with Crippen LogP contribution in [0, 0.1) is 0 Å². The van der Waals surface area contributed by atoms with E-state index in [1.807, 2.05) is 6.07 Å². The number of nitrogens with one attached hydrogen (secondary N) is 2. The van der Waals surface area contributed by atoms with Crippen LogP contribution < -0.4 is 11.0 Å². The largest absolute Gasteiger partial charge is 0.348 e. The third-order valence-electron chi connectivity index (χ3n) is 2.24. The lowest BCUT2D eigenvalue weighted by Gasteiger charge is -1.98. The number of benzene rings is 1. The van der Waals surface area contributed by atoms with E-state index < -0.39 is 11.6 Å². The van der Waals surface area contributed by atoms with Gasteiger partial charge in [0.15, 0.2) is 0 Å². The first-order chi connectivity index (χ1) is 8.72. The molecule has 2 aromatic rings. The van der Waals surface area contributed by atoms with Crippen molar-refractivity contribution in [3.8, 4) is 5.69 Å². The fourth-order valence-corrected chi connectivity index (χ4v) is 1.42. The Morgan fingerprint density at radius 1 is 1.44 bits per heavy atom. The summed E-state index contributed by atoms with van der Waals surface area (Å²) in [6, 6.07) is 8.86. The van der Waals surface area contributed by atoms with Crippen molar-refractivity contribution in [3.05, 3.63) is 59.3 Å². The Bertz CT molecular complexity index is 613. The molecule has 6 nitrogen and oxygen atoms in total. The van der Waals surface area contributed by atoms with Crippen molar-refractivity contribution in [1.82, 2.24) is 20.1 Å². The molecule has 0 atom stereocenters. The number of para-hydroxylation sites is 1. The molecule has 1 aromatic heterocycles. The molecule has 1 amide bonds. The molecule has 18 heavy (non-hydrogen) atoms. The summed E-state index contributed by atoms with van der Waals surface area (Å²) < 4.78 is 1.14. The zero-order chi connectivity index (χ0) is 13.0.